The van der Waals surface area contributed by atoms with Gasteiger partial charge in [0, 0.05) is 12.6 Å². The third-order valence-electron chi connectivity index (χ3n) is 3.71. The molecule has 1 heterocycles. The highest BCUT2D eigenvalue weighted by atomic mass is 15.0. The maximum absolute atomic E-state index is 3.63. The van der Waals surface area contributed by atoms with Crippen molar-refractivity contribution in [3.8, 4) is 0 Å². The van der Waals surface area contributed by atoms with Gasteiger partial charge >= 0.3 is 0 Å². The second kappa shape index (κ2) is 5.72. The van der Waals surface area contributed by atoms with Crippen LogP contribution in [0.25, 0.3) is 0 Å². The molecular weight excluding hydrogens is 172 g/mol. The van der Waals surface area contributed by atoms with Gasteiger partial charge in [-0.1, -0.05) is 19.3 Å². The Morgan fingerprint density at radius 2 is 1.79 bits per heavy atom. The van der Waals surface area contributed by atoms with Crippen LogP contribution in [0.2, 0.25) is 0 Å². The summed E-state index contributed by atoms with van der Waals surface area (Å²) in [4.78, 5) is 0. The Balaban J connectivity index is 1.52. The van der Waals surface area contributed by atoms with Gasteiger partial charge in [0.25, 0.3) is 0 Å². The largest absolute Gasteiger partial charge is 0.315 e. The van der Waals surface area contributed by atoms with Crippen LogP contribution in [0.1, 0.15) is 44.9 Å². The van der Waals surface area contributed by atoms with Crippen molar-refractivity contribution in [1.82, 2.24) is 10.6 Å². The van der Waals surface area contributed by atoms with Crippen LogP contribution in [0, 0.1) is 5.92 Å². The van der Waals surface area contributed by atoms with Gasteiger partial charge in [0.1, 0.15) is 0 Å². The fourth-order valence-electron chi connectivity index (χ4n) is 2.78. The summed E-state index contributed by atoms with van der Waals surface area (Å²) in [6.07, 6.45) is 10.1. The summed E-state index contributed by atoms with van der Waals surface area (Å²) < 4.78 is 0. The van der Waals surface area contributed by atoms with Crippen molar-refractivity contribution < 1.29 is 0 Å². The summed E-state index contributed by atoms with van der Waals surface area (Å²) in [5, 5.41) is 7.17. The zero-order valence-corrected chi connectivity index (χ0v) is 9.23. The molecule has 14 heavy (non-hydrogen) atoms. The second-order valence-corrected chi connectivity index (χ2v) is 4.96. The molecule has 2 fully saturated rings. The monoisotopic (exact) mass is 196 g/mol. The summed E-state index contributed by atoms with van der Waals surface area (Å²) >= 11 is 0. The molecule has 0 radical (unpaired) electrons. The van der Waals surface area contributed by atoms with Crippen molar-refractivity contribution in [3.05, 3.63) is 0 Å². The average molecular weight is 196 g/mol. The zero-order chi connectivity index (χ0) is 9.64. The van der Waals surface area contributed by atoms with Gasteiger partial charge < -0.3 is 10.6 Å². The van der Waals surface area contributed by atoms with Gasteiger partial charge in [0.15, 0.2) is 0 Å². The predicted octanol–water partition coefficient (Wildman–Crippen LogP) is 1.91. The van der Waals surface area contributed by atoms with Gasteiger partial charge in [-0.3, -0.25) is 0 Å². The standard InChI is InChI=1S/C12H24N2/c1-2-5-11(6-3-1)9-13-10-12-7-4-8-14-12/h11-14H,1-10H2. The number of hydrogen-bond donors (Lipinski definition) is 2. The van der Waals surface area contributed by atoms with Crippen LogP contribution >= 0.6 is 0 Å². The van der Waals surface area contributed by atoms with Crippen LogP contribution < -0.4 is 10.6 Å². The minimum atomic E-state index is 0.763. The minimum Gasteiger partial charge on any atom is -0.315 e. The van der Waals surface area contributed by atoms with E-state index in [9.17, 15) is 0 Å². The van der Waals surface area contributed by atoms with E-state index in [0.717, 1.165) is 12.0 Å². The molecule has 2 heteroatoms. The van der Waals surface area contributed by atoms with Gasteiger partial charge in [-0.05, 0) is 44.7 Å². The molecule has 1 aliphatic carbocycles. The fraction of sp³-hybridized carbons (Fsp3) is 1.00. The van der Waals surface area contributed by atoms with Gasteiger partial charge in [-0.2, -0.15) is 0 Å². The van der Waals surface area contributed by atoms with Crippen molar-refractivity contribution >= 4 is 0 Å². The predicted molar refractivity (Wildman–Crippen MR) is 60.5 cm³/mol. The summed E-state index contributed by atoms with van der Waals surface area (Å²) in [7, 11) is 0. The van der Waals surface area contributed by atoms with Crippen molar-refractivity contribution in [3.63, 3.8) is 0 Å². The highest BCUT2D eigenvalue weighted by molar-refractivity contribution is 4.77. The van der Waals surface area contributed by atoms with Crippen LogP contribution in [0.15, 0.2) is 0 Å². The molecule has 0 amide bonds. The van der Waals surface area contributed by atoms with E-state index in [-0.39, 0.29) is 0 Å². The lowest BCUT2D eigenvalue weighted by Gasteiger charge is -2.22. The van der Waals surface area contributed by atoms with E-state index in [1.165, 1.54) is 64.6 Å². The normalized spacial score (nSPS) is 29.6. The molecule has 0 aromatic heterocycles. The molecule has 1 atom stereocenters. The number of hydrogen-bond acceptors (Lipinski definition) is 2. The first-order chi connectivity index (χ1) is 6.95. The van der Waals surface area contributed by atoms with Gasteiger partial charge in [-0.25, -0.2) is 0 Å². The minimum absolute atomic E-state index is 0.763. The Kier molecular flexibility index (Phi) is 4.26. The molecule has 0 aromatic carbocycles. The molecule has 2 aliphatic rings. The maximum Gasteiger partial charge on any atom is 0.0192 e. The average Bonchev–Trinajstić information content (AvgIpc) is 2.72. The van der Waals surface area contributed by atoms with E-state index in [0.29, 0.717) is 0 Å². The first-order valence-corrected chi connectivity index (χ1v) is 6.39. The van der Waals surface area contributed by atoms with E-state index in [1.54, 1.807) is 0 Å². The van der Waals surface area contributed by atoms with E-state index in [4.69, 9.17) is 0 Å². The number of nitrogens with one attached hydrogen (secondary N) is 2. The first-order valence-electron chi connectivity index (χ1n) is 6.39. The van der Waals surface area contributed by atoms with Crippen molar-refractivity contribution in [2.24, 2.45) is 5.92 Å². The van der Waals surface area contributed by atoms with Crippen molar-refractivity contribution in [2.45, 2.75) is 51.0 Å². The maximum atomic E-state index is 3.63. The van der Waals surface area contributed by atoms with Crippen LogP contribution in [0.3, 0.4) is 0 Å². The Morgan fingerprint density at radius 1 is 0.929 bits per heavy atom. The topological polar surface area (TPSA) is 24.1 Å². The molecular formula is C12H24N2. The molecule has 0 aromatic rings. The smallest absolute Gasteiger partial charge is 0.0192 e. The molecule has 1 saturated heterocycles. The number of rotatable bonds is 4. The molecule has 0 spiro atoms. The van der Waals surface area contributed by atoms with Gasteiger partial charge in [0.05, 0.1) is 0 Å². The summed E-state index contributed by atoms with van der Waals surface area (Å²) in [6.45, 7) is 3.68. The lowest BCUT2D eigenvalue weighted by atomic mass is 9.89. The van der Waals surface area contributed by atoms with E-state index in [2.05, 4.69) is 10.6 Å². The van der Waals surface area contributed by atoms with Crippen LogP contribution in [-0.2, 0) is 0 Å². The SMILES string of the molecule is C1CCC(CNCC2CCCN2)CC1. The molecule has 2 rings (SSSR count). The highest BCUT2D eigenvalue weighted by Gasteiger charge is 2.15. The molecule has 82 valence electrons. The summed E-state index contributed by atoms with van der Waals surface area (Å²) in [6, 6.07) is 0.763. The van der Waals surface area contributed by atoms with Crippen molar-refractivity contribution in [1.29, 1.82) is 0 Å². The molecule has 2 nitrogen and oxygen atoms in total. The van der Waals surface area contributed by atoms with Gasteiger partial charge in [-0.15, -0.1) is 0 Å². The van der Waals surface area contributed by atoms with E-state index < -0.39 is 0 Å². The third-order valence-corrected chi connectivity index (χ3v) is 3.71. The molecule has 2 N–H and O–H groups in total. The van der Waals surface area contributed by atoms with Crippen LogP contribution in [0.4, 0.5) is 0 Å². The van der Waals surface area contributed by atoms with Crippen molar-refractivity contribution in [2.75, 3.05) is 19.6 Å². The summed E-state index contributed by atoms with van der Waals surface area (Å²) in [5.41, 5.74) is 0. The Labute approximate surface area is 87.8 Å². The summed E-state index contributed by atoms with van der Waals surface area (Å²) in [5.74, 6) is 0.977. The molecule has 1 unspecified atom stereocenters. The molecule has 0 bridgehead atoms. The fourth-order valence-corrected chi connectivity index (χ4v) is 2.78. The Hall–Kier alpha value is -0.0800. The first kappa shape index (κ1) is 10.4. The second-order valence-electron chi connectivity index (χ2n) is 4.96. The van der Waals surface area contributed by atoms with Crippen LogP contribution in [-0.4, -0.2) is 25.7 Å². The quantitative estimate of drug-likeness (QED) is 0.717. The van der Waals surface area contributed by atoms with Crippen LogP contribution in [0.5, 0.6) is 0 Å². The lowest BCUT2D eigenvalue weighted by molar-refractivity contribution is 0.337. The van der Waals surface area contributed by atoms with E-state index in [1.807, 2.05) is 0 Å². The zero-order valence-electron chi connectivity index (χ0n) is 9.23. The molecule has 1 aliphatic heterocycles. The third kappa shape index (κ3) is 3.25. The molecule has 1 saturated carbocycles. The Morgan fingerprint density at radius 3 is 2.50 bits per heavy atom. The van der Waals surface area contributed by atoms with E-state index >= 15 is 0 Å². The highest BCUT2D eigenvalue weighted by Crippen LogP contribution is 2.22. The van der Waals surface area contributed by atoms with Gasteiger partial charge in [0.2, 0.25) is 0 Å². The lowest BCUT2D eigenvalue weighted by Crippen LogP contribution is -2.36. The Bertz CT molecular complexity index is 146.